The van der Waals surface area contributed by atoms with Crippen molar-refractivity contribution in [2.45, 2.75) is 56.5 Å². The second-order valence-corrected chi connectivity index (χ2v) is 8.46. The van der Waals surface area contributed by atoms with Gasteiger partial charge in [0, 0.05) is 16.6 Å². The van der Waals surface area contributed by atoms with Gasteiger partial charge in [0.15, 0.2) is 6.04 Å². The van der Waals surface area contributed by atoms with E-state index in [2.05, 4.69) is 5.32 Å². The van der Waals surface area contributed by atoms with E-state index in [4.69, 9.17) is 0 Å². The lowest BCUT2D eigenvalue weighted by Crippen LogP contribution is -2.50. The molecule has 0 aliphatic heterocycles. The van der Waals surface area contributed by atoms with Crippen LogP contribution < -0.4 is 10.2 Å². The molecule has 0 saturated heterocycles. The van der Waals surface area contributed by atoms with Crippen LogP contribution in [0.4, 0.5) is 32.0 Å². The third kappa shape index (κ3) is 5.62. The second-order valence-electron chi connectivity index (χ2n) is 7.48. The molecule has 4 nitrogen and oxygen atoms in total. The number of nitrogens with zero attached hydrogens (tertiary/aromatic N) is 1. The van der Waals surface area contributed by atoms with E-state index in [-0.39, 0.29) is 15.8 Å². The number of rotatable bonds is 5. The van der Waals surface area contributed by atoms with Gasteiger partial charge in [0.2, 0.25) is 5.91 Å². The highest BCUT2D eigenvalue weighted by Crippen LogP contribution is 2.38. The van der Waals surface area contributed by atoms with Crippen LogP contribution in [0.2, 0.25) is 0 Å². The van der Waals surface area contributed by atoms with Crippen LogP contribution in [0.15, 0.2) is 41.8 Å². The van der Waals surface area contributed by atoms with Crippen molar-refractivity contribution in [3.8, 4) is 0 Å². The molecule has 1 saturated carbocycles. The molecule has 0 radical (unpaired) electrons. The van der Waals surface area contributed by atoms with Crippen LogP contribution in [-0.4, -0.2) is 24.0 Å². The van der Waals surface area contributed by atoms with Gasteiger partial charge in [0.05, 0.1) is 5.56 Å². The summed E-state index contributed by atoms with van der Waals surface area (Å²) >= 11 is 0.938. The Morgan fingerprint density at radius 3 is 2.25 bits per heavy atom. The Bertz CT molecular complexity index is 937. The van der Waals surface area contributed by atoms with Gasteiger partial charge in [-0.1, -0.05) is 31.4 Å². The Hall–Kier alpha value is -2.56. The molecule has 1 heterocycles. The van der Waals surface area contributed by atoms with Crippen LogP contribution in [0.5, 0.6) is 0 Å². The Morgan fingerprint density at radius 2 is 1.69 bits per heavy atom. The van der Waals surface area contributed by atoms with Gasteiger partial charge in [0.25, 0.3) is 0 Å². The maximum absolute atomic E-state index is 13.5. The Morgan fingerprint density at radius 1 is 1.00 bits per heavy atom. The van der Waals surface area contributed by atoms with Crippen LogP contribution in [0.3, 0.4) is 0 Å². The van der Waals surface area contributed by atoms with Gasteiger partial charge in [-0.25, -0.2) is 0 Å². The van der Waals surface area contributed by atoms with Gasteiger partial charge in [-0.15, -0.1) is 11.3 Å². The molecule has 2 aromatic rings. The van der Waals surface area contributed by atoms with Crippen molar-refractivity contribution in [1.82, 2.24) is 5.32 Å². The maximum atomic E-state index is 13.5. The number of anilines is 1. The first-order chi connectivity index (χ1) is 15.0. The summed E-state index contributed by atoms with van der Waals surface area (Å²) < 4.78 is 80.1. The van der Waals surface area contributed by atoms with Crippen LogP contribution in [-0.2, 0) is 15.8 Å². The summed E-state index contributed by atoms with van der Waals surface area (Å²) in [5.74, 6) is -3.29. The Kier molecular flexibility index (Phi) is 7.16. The van der Waals surface area contributed by atoms with E-state index in [0.717, 1.165) is 42.7 Å². The first-order valence-electron chi connectivity index (χ1n) is 9.90. The molecule has 0 bridgehead atoms. The third-order valence-electron chi connectivity index (χ3n) is 5.18. The standard InChI is InChI=1S/C21H20F6N2O2S/c22-20(23,24)13-6-4-9-15(12-13)29(19(31)21(25,26)27)17(16-10-5-11-32-16)18(30)28-14-7-2-1-3-8-14/h4-6,9-12,14,17H,1-3,7-8H2,(H,28,30)/t17-/m0/s1. The minimum Gasteiger partial charge on any atom is -0.351 e. The molecule has 1 aromatic carbocycles. The Balaban J connectivity index is 2.08. The van der Waals surface area contributed by atoms with E-state index in [1.54, 1.807) is 0 Å². The van der Waals surface area contributed by atoms with E-state index in [1.165, 1.54) is 17.5 Å². The van der Waals surface area contributed by atoms with Gasteiger partial charge in [-0.2, -0.15) is 26.3 Å². The van der Waals surface area contributed by atoms with Crippen LogP contribution >= 0.6 is 11.3 Å². The van der Waals surface area contributed by atoms with Crippen molar-refractivity contribution in [2.75, 3.05) is 4.90 Å². The second kappa shape index (κ2) is 9.51. The lowest BCUT2D eigenvalue weighted by molar-refractivity contribution is -0.171. The van der Waals surface area contributed by atoms with Crippen LogP contribution in [0, 0.1) is 0 Å². The van der Waals surface area contributed by atoms with Gasteiger partial charge in [0.1, 0.15) is 0 Å². The first kappa shape index (κ1) is 24.1. The molecular formula is C21H20F6N2O2S. The van der Waals surface area contributed by atoms with Crippen LogP contribution in [0.1, 0.15) is 48.6 Å². The number of carbonyl (C=O) groups is 2. The monoisotopic (exact) mass is 478 g/mol. The van der Waals surface area contributed by atoms with Crippen molar-refractivity contribution < 1.29 is 35.9 Å². The van der Waals surface area contributed by atoms with E-state index in [0.29, 0.717) is 25.0 Å². The minimum atomic E-state index is -5.41. The molecule has 1 atom stereocenters. The molecule has 1 N–H and O–H groups in total. The molecule has 1 aliphatic rings. The molecule has 11 heteroatoms. The molecule has 2 amide bonds. The molecule has 174 valence electrons. The lowest BCUT2D eigenvalue weighted by Gasteiger charge is -2.33. The number of nitrogens with one attached hydrogen (secondary N) is 1. The zero-order valence-corrected chi connectivity index (χ0v) is 17.5. The number of hydrogen-bond acceptors (Lipinski definition) is 3. The summed E-state index contributed by atoms with van der Waals surface area (Å²) in [5, 5.41) is 4.21. The molecule has 32 heavy (non-hydrogen) atoms. The van der Waals surface area contributed by atoms with Crippen molar-refractivity contribution in [3.05, 3.63) is 52.2 Å². The minimum absolute atomic E-state index is 0.105. The fraction of sp³-hybridized carbons (Fsp3) is 0.429. The number of amides is 2. The topological polar surface area (TPSA) is 49.4 Å². The molecule has 0 spiro atoms. The highest BCUT2D eigenvalue weighted by Gasteiger charge is 2.48. The summed E-state index contributed by atoms with van der Waals surface area (Å²) in [5.41, 5.74) is -1.90. The molecule has 0 unspecified atom stereocenters. The van der Waals surface area contributed by atoms with E-state index >= 15 is 0 Å². The highest BCUT2D eigenvalue weighted by molar-refractivity contribution is 7.10. The van der Waals surface area contributed by atoms with Crippen molar-refractivity contribution in [2.24, 2.45) is 0 Å². The molecule has 3 rings (SSSR count). The Labute approximate surface area is 184 Å². The predicted molar refractivity (Wildman–Crippen MR) is 107 cm³/mol. The molecule has 1 aromatic heterocycles. The number of hydrogen-bond donors (Lipinski definition) is 1. The summed E-state index contributed by atoms with van der Waals surface area (Å²) in [6.07, 6.45) is -6.31. The average molecular weight is 478 g/mol. The zero-order chi connectivity index (χ0) is 23.5. The predicted octanol–water partition coefficient (Wildman–Crippen LogP) is 5.85. The van der Waals surface area contributed by atoms with Gasteiger partial charge in [-0.05, 0) is 42.5 Å². The molecular weight excluding hydrogens is 458 g/mol. The van der Waals surface area contributed by atoms with Gasteiger partial charge < -0.3 is 5.32 Å². The van der Waals surface area contributed by atoms with Gasteiger partial charge >= 0.3 is 18.3 Å². The van der Waals surface area contributed by atoms with Crippen molar-refractivity contribution >= 4 is 28.8 Å². The summed E-state index contributed by atoms with van der Waals surface area (Å²) in [6, 6.07) is 3.80. The summed E-state index contributed by atoms with van der Waals surface area (Å²) in [4.78, 5) is 25.8. The SMILES string of the molecule is O=C(NC1CCCCC1)[C@H](c1cccs1)N(C(=O)C(F)(F)F)c1cccc(C(F)(F)F)c1. The first-order valence-corrected chi connectivity index (χ1v) is 10.8. The zero-order valence-electron chi connectivity index (χ0n) is 16.7. The van der Waals surface area contributed by atoms with Crippen molar-refractivity contribution in [1.29, 1.82) is 0 Å². The fourth-order valence-corrected chi connectivity index (χ4v) is 4.51. The van der Waals surface area contributed by atoms with Crippen LogP contribution in [0.25, 0.3) is 0 Å². The number of halogens is 6. The third-order valence-corrected chi connectivity index (χ3v) is 6.11. The molecule has 1 aliphatic carbocycles. The number of carbonyl (C=O) groups excluding carboxylic acids is 2. The van der Waals surface area contributed by atoms with Gasteiger partial charge in [-0.3, -0.25) is 14.5 Å². The number of thiophene rings is 1. The van der Waals surface area contributed by atoms with E-state index in [9.17, 15) is 35.9 Å². The van der Waals surface area contributed by atoms with E-state index < -0.39 is 41.5 Å². The quantitative estimate of drug-likeness (QED) is 0.548. The lowest BCUT2D eigenvalue weighted by atomic mass is 9.95. The normalized spacial score (nSPS) is 16.4. The smallest absolute Gasteiger partial charge is 0.351 e. The average Bonchev–Trinajstić information content (AvgIpc) is 3.25. The van der Waals surface area contributed by atoms with E-state index in [1.807, 2.05) is 0 Å². The number of benzene rings is 1. The molecule has 1 fully saturated rings. The largest absolute Gasteiger partial charge is 0.471 e. The summed E-state index contributed by atoms with van der Waals surface area (Å²) in [6.45, 7) is 0. The highest BCUT2D eigenvalue weighted by atomic mass is 32.1. The number of alkyl halides is 6. The summed E-state index contributed by atoms with van der Waals surface area (Å²) in [7, 11) is 0. The fourth-order valence-electron chi connectivity index (χ4n) is 3.70. The van der Waals surface area contributed by atoms with Crippen molar-refractivity contribution in [3.63, 3.8) is 0 Å². The maximum Gasteiger partial charge on any atom is 0.471 e.